The Morgan fingerprint density at radius 3 is 2.31 bits per heavy atom. The monoisotopic (exact) mass is 1100 g/mol. The molecule has 5 aromatic rings. The Morgan fingerprint density at radius 1 is 0.813 bits per heavy atom. The van der Waals surface area contributed by atoms with Gasteiger partial charge in [-0.15, -0.1) is 0 Å². The van der Waals surface area contributed by atoms with Crippen molar-refractivity contribution < 1.29 is 33.3 Å². The van der Waals surface area contributed by atoms with E-state index in [1.165, 1.54) is 5.56 Å². The molecule has 0 saturated carbocycles. The van der Waals surface area contributed by atoms with Gasteiger partial charge in [0, 0.05) is 117 Å². The van der Waals surface area contributed by atoms with Crippen LogP contribution in [-0.4, -0.2) is 143 Å². The topological polar surface area (TPSA) is 203 Å². The van der Waals surface area contributed by atoms with E-state index >= 15 is 0 Å². The van der Waals surface area contributed by atoms with Crippen LogP contribution in [0.4, 0.5) is 34.5 Å². The van der Waals surface area contributed by atoms with Gasteiger partial charge in [0.15, 0.2) is 0 Å². The smallest absolute Gasteiger partial charge is 0.262 e. The number of nitrogens with zero attached hydrogens (tertiary/aromatic N) is 8. The highest BCUT2D eigenvalue weighted by molar-refractivity contribution is 9.10. The molecule has 5 saturated heterocycles. The van der Waals surface area contributed by atoms with Crippen molar-refractivity contribution in [3.05, 3.63) is 87.7 Å². The average molecular weight is 1100 g/mol. The van der Waals surface area contributed by atoms with Crippen LogP contribution in [0.15, 0.2) is 65.3 Å². The van der Waals surface area contributed by atoms with E-state index in [-0.39, 0.29) is 35.8 Å². The maximum absolute atomic E-state index is 14.6. The minimum absolute atomic E-state index is 0.0631. The fraction of sp³-hybridized carbons (Fsp3) is 0.455. The zero-order valence-electron chi connectivity index (χ0n) is 42.7. The van der Waals surface area contributed by atoms with Gasteiger partial charge < -0.3 is 34.6 Å². The zero-order valence-corrected chi connectivity index (χ0v) is 45.2. The number of amides is 5. The Morgan fingerprint density at radius 2 is 1.57 bits per heavy atom. The standard InChI is InChI=1S/C55H63BrN11O7P/c1-4-33-28-44(60-55-57-31-41(56)50(62-55)59-43-13-12-42-39(10-8-35(5-2)58-42)49(43)75(73)26-6-7-27-75)47(74-3)30-46(33)64-20-17-36(18-21-64)63-22-24-65(25-23-63)52(70)34-16-19-66(32-34)37-9-11-38-40(29-37)54(72)67(53(38)71)45-14-15-48(68)61-51(45)69/h8-13,28-31,34,36,45H,4-7,14-27,32H2,1-3H3,(H,61,68,69)(H2,57,59,60,62)/t34-,45?/m1/s1. The molecule has 18 nitrogen and oxygen atoms in total. The Bertz CT molecular complexity index is 3170. The highest BCUT2D eigenvalue weighted by Crippen LogP contribution is 2.54. The third-order valence-electron chi connectivity index (χ3n) is 16.3. The number of aryl methyl sites for hydroxylation is 2. The number of halogens is 1. The number of nitrogens with one attached hydrogen (secondary N) is 3. The first-order chi connectivity index (χ1) is 36.3. The number of anilines is 6. The molecule has 5 amide bonds. The summed E-state index contributed by atoms with van der Waals surface area (Å²) in [6.07, 6.45) is 9.49. The molecule has 11 rings (SSSR count). The maximum atomic E-state index is 14.6. The highest BCUT2D eigenvalue weighted by Gasteiger charge is 2.45. The first-order valence-corrected chi connectivity index (χ1v) is 29.4. The predicted molar refractivity (Wildman–Crippen MR) is 293 cm³/mol. The second kappa shape index (κ2) is 20.9. The molecule has 2 atom stereocenters. The summed E-state index contributed by atoms with van der Waals surface area (Å²) in [5, 5.41) is 11.0. The number of hydrogen-bond acceptors (Lipinski definition) is 15. The molecule has 20 heteroatoms. The Labute approximate surface area is 444 Å². The van der Waals surface area contributed by atoms with Crippen LogP contribution < -0.4 is 35.8 Å². The largest absolute Gasteiger partial charge is 0.494 e. The summed E-state index contributed by atoms with van der Waals surface area (Å²) in [4.78, 5) is 89.4. The van der Waals surface area contributed by atoms with Crippen LogP contribution in [0.1, 0.15) is 90.8 Å². The van der Waals surface area contributed by atoms with E-state index in [1.807, 2.05) is 23.1 Å². The number of methoxy groups -OCH3 is 1. The van der Waals surface area contributed by atoms with Gasteiger partial charge in [-0.3, -0.25) is 44.1 Å². The lowest BCUT2D eigenvalue weighted by molar-refractivity contribution is -0.137. The number of aromatic nitrogens is 3. The minimum Gasteiger partial charge on any atom is -0.494 e. The van der Waals surface area contributed by atoms with E-state index < -0.39 is 36.8 Å². The highest BCUT2D eigenvalue weighted by atomic mass is 79.9. The first-order valence-electron chi connectivity index (χ1n) is 26.5. The second-order valence-electron chi connectivity index (χ2n) is 20.6. The van der Waals surface area contributed by atoms with Crippen molar-refractivity contribution in [2.45, 2.75) is 83.7 Å². The number of ether oxygens (including phenoxy) is 1. The van der Waals surface area contributed by atoms with Crippen LogP contribution in [0, 0.1) is 5.92 Å². The summed E-state index contributed by atoms with van der Waals surface area (Å²) in [5.41, 5.74) is 6.97. The van der Waals surface area contributed by atoms with Crippen LogP contribution in [-0.2, 0) is 31.8 Å². The fourth-order valence-corrected chi connectivity index (χ4v) is 15.8. The molecule has 3 aromatic carbocycles. The number of piperidine rings is 2. The Kier molecular flexibility index (Phi) is 14.2. The van der Waals surface area contributed by atoms with E-state index in [0.717, 1.165) is 114 Å². The minimum atomic E-state index is -2.66. The van der Waals surface area contributed by atoms with E-state index in [0.29, 0.717) is 73.0 Å². The molecule has 6 aliphatic heterocycles. The molecule has 5 fully saturated rings. The van der Waals surface area contributed by atoms with Gasteiger partial charge in [0.1, 0.15) is 24.8 Å². The zero-order chi connectivity index (χ0) is 52.1. The van der Waals surface area contributed by atoms with Gasteiger partial charge in [-0.1, -0.05) is 19.9 Å². The molecule has 0 aliphatic carbocycles. The van der Waals surface area contributed by atoms with E-state index in [9.17, 15) is 28.5 Å². The summed E-state index contributed by atoms with van der Waals surface area (Å²) in [7, 11) is -0.983. The summed E-state index contributed by atoms with van der Waals surface area (Å²) >= 11 is 3.67. The molecule has 392 valence electrons. The van der Waals surface area contributed by atoms with Crippen molar-refractivity contribution in [3.8, 4) is 5.75 Å². The molecule has 0 spiro atoms. The second-order valence-corrected chi connectivity index (χ2v) is 24.6. The van der Waals surface area contributed by atoms with Crippen LogP contribution in [0.2, 0.25) is 0 Å². The van der Waals surface area contributed by atoms with Gasteiger partial charge in [-0.2, -0.15) is 4.98 Å². The number of hydrogen-bond donors (Lipinski definition) is 3. The average Bonchev–Trinajstić information content (AvgIpc) is 4.18. The summed E-state index contributed by atoms with van der Waals surface area (Å²) in [6, 6.07) is 16.9. The van der Waals surface area contributed by atoms with Crippen molar-refractivity contribution in [1.82, 2.24) is 35.0 Å². The van der Waals surface area contributed by atoms with E-state index in [1.54, 1.807) is 31.5 Å². The fourth-order valence-electron chi connectivity index (χ4n) is 12.1. The number of benzene rings is 3. The molecule has 2 aromatic heterocycles. The number of fused-ring (bicyclic) bond motifs is 2. The van der Waals surface area contributed by atoms with Gasteiger partial charge in [0.05, 0.1) is 45.5 Å². The van der Waals surface area contributed by atoms with Crippen molar-refractivity contribution in [3.63, 3.8) is 0 Å². The third kappa shape index (κ3) is 9.76. The van der Waals surface area contributed by atoms with Crippen LogP contribution in [0.5, 0.6) is 5.75 Å². The van der Waals surface area contributed by atoms with Gasteiger partial charge in [0.2, 0.25) is 23.7 Å². The normalized spacial score (nSPS) is 21.3. The maximum Gasteiger partial charge on any atom is 0.262 e. The van der Waals surface area contributed by atoms with Crippen molar-refractivity contribution in [2.75, 3.05) is 92.2 Å². The molecular weight excluding hydrogens is 1040 g/mol. The summed E-state index contributed by atoms with van der Waals surface area (Å²) < 4.78 is 21.2. The van der Waals surface area contributed by atoms with Crippen molar-refractivity contribution in [2.24, 2.45) is 5.92 Å². The van der Waals surface area contributed by atoms with Crippen LogP contribution in [0.25, 0.3) is 10.9 Å². The van der Waals surface area contributed by atoms with Crippen LogP contribution >= 0.6 is 23.1 Å². The van der Waals surface area contributed by atoms with Crippen molar-refractivity contribution in [1.29, 1.82) is 0 Å². The van der Waals surface area contributed by atoms with Crippen molar-refractivity contribution >= 4 is 103 Å². The van der Waals surface area contributed by atoms with Gasteiger partial charge >= 0.3 is 0 Å². The lowest BCUT2D eigenvalue weighted by Crippen LogP contribution is -2.55. The summed E-state index contributed by atoms with van der Waals surface area (Å²) in [5.74, 6) is -0.510. The number of imide groups is 2. The number of carbonyl (C=O) groups excluding carboxylic acids is 5. The molecule has 1 unspecified atom stereocenters. The molecule has 0 radical (unpaired) electrons. The van der Waals surface area contributed by atoms with Gasteiger partial charge in [-0.25, -0.2) is 4.98 Å². The number of pyridine rings is 1. The molecule has 0 bridgehead atoms. The summed E-state index contributed by atoms with van der Waals surface area (Å²) in [6.45, 7) is 10.2. The molecule has 75 heavy (non-hydrogen) atoms. The Balaban J connectivity index is 0.695. The SMILES string of the molecule is CCc1ccc2c(P3(=O)CCCC3)c(Nc3nc(Nc4cc(CC)c(N5CCC(N6CCN(C(=O)[C@@H]7CCN(c8ccc9c(c8)C(=O)N(C8CCC(=O)NC8=O)C9=O)C7)CC6)CC5)cc4OC)ncc3Br)ccc2n1. The molecular formula is C55H63BrN11O7P. The van der Waals surface area contributed by atoms with Gasteiger partial charge in [-0.05, 0) is 115 Å². The molecule has 3 N–H and O–H groups in total. The number of carbonyl (C=O) groups is 5. The third-order valence-corrected chi connectivity index (χ3v) is 20.2. The first kappa shape index (κ1) is 50.7. The lowest BCUT2D eigenvalue weighted by atomic mass is 9.99. The number of rotatable bonds is 13. The van der Waals surface area contributed by atoms with E-state index in [4.69, 9.17) is 14.7 Å². The van der Waals surface area contributed by atoms with Gasteiger partial charge in [0.25, 0.3) is 11.8 Å². The quantitative estimate of drug-likeness (QED) is 0.0787. The molecule has 6 aliphatic rings. The Hall–Kier alpha value is -6.43. The lowest BCUT2D eigenvalue weighted by Gasteiger charge is -2.44. The molecule has 8 heterocycles. The number of piperazine rings is 1. The van der Waals surface area contributed by atoms with E-state index in [2.05, 4.69) is 83.6 Å². The van der Waals surface area contributed by atoms with Crippen LogP contribution in [0.3, 0.4) is 0 Å². The predicted octanol–water partition coefficient (Wildman–Crippen LogP) is 7.23.